The molecular weight excluding hydrogens is 352 g/mol. The van der Waals surface area contributed by atoms with Gasteiger partial charge in [-0.05, 0) is 61.2 Å². The van der Waals surface area contributed by atoms with E-state index in [1.54, 1.807) is 0 Å². The summed E-state index contributed by atoms with van der Waals surface area (Å²) in [5.74, 6) is 2.72. The van der Waals surface area contributed by atoms with Crippen LogP contribution < -0.4 is 0 Å². The molecule has 0 amide bonds. The molecule has 2 atom stereocenters. The number of likely N-dealkylation sites (tertiary alicyclic amines) is 1. The second kappa shape index (κ2) is 7.22. The van der Waals surface area contributed by atoms with Crippen molar-refractivity contribution in [3.63, 3.8) is 0 Å². The zero-order valence-corrected chi connectivity index (χ0v) is 16.3. The van der Waals surface area contributed by atoms with E-state index < -0.39 is 0 Å². The van der Waals surface area contributed by atoms with Gasteiger partial charge in [-0.2, -0.15) is 5.10 Å². The van der Waals surface area contributed by atoms with Gasteiger partial charge in [0.15, 0.2) is 10.6 Å². The van der Waals surface area contributed by atoms with Crippen molar-refractivity contribution in [3.05, 3.63) is 34.1 Å². The number of halogens is 1. The van der Waals surface area contributed by atoms with Gasteiger partial charge in [-0.15, -0.1) is 0 Å². The van der Waals surface area contributed by atoms with Crippen molar-refractivity contribution < 1.29 is 0 Å². The van der Waals surface area contributed by atoms with E-state index in [1.165, 1.54) is 38.6 Å². The zero-order valence-electron chi connectivity index (χ0n) is 14.7. The van der Waals surface area contributed by atoms with E-state index >= 15 is 0 Å². The van der Waals surface area contributed by atoms with Crippen molar-refractivity contribution in [2.75, 3.05) is 13.1 Å². The van der Waals surface area contributed by atoms with Crippen molar-refractivity contribution in [2.45, 2.75) is 38.8 Å². The Kier molecular flexibility index (Phi) is 4.98. The zero-order chi connectivity index (χ0) is 17.4. The average Bonchev–Trinajstić information content (AvgIpc) is 2.91. The topological polar surface area (TPSA) is 26.0 Å². The molecule has 4 nitrogen and oxygen atoms in total. The lowest BCUT2D eigenvalue weighted by Gasteiger charge is -2.41. The van der Waals surface area contributed by atoms with Gasteiger partial charge in [0.2, 0.25) is 0 Å². The van der Waals surface area contributed by atoms with E-state index in [4.69, 9.17) is 28.9 Å². The van der Waals surface area contributed by atoms with Gasteiger partial charge in [-0.1, -0.05) is 30.9 Å². The first-order valence-corrected chi connectivity index (χ1v) is 10.0. The van der Waals surface area contributed by atoms with Crippen LogP contribution in [0.5, 0.6) is 0 Å². The third-order valence-corrected chi connectivity index (χ3v) is 6.59. The monoisotopic (exact) mass is 376 g/mol. The largest absolute Gasteiger partial charge is 0.303 e. The Balaban J connectivity index is 1.52. The van der Waals surface area contributed by atoms with E-state index in [0.29, 0.717) is 0 Å². The van der Waals surface area contributed by atoms with E-state index in [1.807, 2.05) is 40.6 Å². The molecule has 0 unspecified atom stereocenters. The van der Waals surface area contributed by atoms with Gasteiger partial charge in [0, 0.05) is 30.7 Å². The van der Waals surface area contributed by atoms with Crippen molar-refractivity contribution in [2.24, 2.45) is 18.9 Å². The molecule has 25 heavy (non-hydrogen) atoms. The molecule has 2 aliphatic rings. The Morgan fingerprint density at radius 2 is 1.84 bits per heavy atom. The van der Waals surface area contributed by atoms with Crippen LogP contribution >= 0.6 is 23.8 Å². The first-order chi connectivity index (χ1) is 12.1. The Morgan fingerprint density at radius 1 is 1.12 bits per heavy atom. The number of aromatic nitrogens is 3. The van der Waals surface area contributed by atoms with Crippen LogP contribution in [-0.4, -0.2) is 32.3 Å². The quantitative estimate of drug-likeness (QED) is 0.723. The molecule has 134 valence electrons. The van der Waals surface area contributed by atoms with Gasteiger partial charge in [0.05, 0.1) is 6.67 Å². The van der Waals surface area contributed by atoms with Crippen LogP contribution in [-0.2, 0) is 13.7 Å². The highest BCUT2D eigenvalue weighted by Crippen LogP contribution is 2.36. The fourth-order valence-electron chi connectivity index (χ4n) is 4.42. The van der Waals surface area contributed by atoms with Crippen molar-refractivity contribution in [1.29, 1.82) is 0 Å². The molecule has 0 radical (unpaired) electrons. The number of piperidine rings is 1. The molecule has 2 fully saturated rings. The van der Waals surface area contributed by atoms with Gasteiger partial charge in [0.25, 0.3) is 0 Å². The Hall–Kier alpha value is -1.17. The van der Waals surface area contributed by atoms with E-state index in [-0.39, 0.29) is 0 Å². The van der Waals surface area contributed by atoms with Crippen molar-refractivity contribution in [1.82, 2.24) is 19.2 Å². The molecule has 0 bridgehead atoms. The van der Waals surface area contributed by atoms with Gasteiger partial charge in [-0.25, -0.2) is 4.68 Å². The summed E-state index contributed by atoms with van der Waals surface area (Å²) >= 11 is 11.6. The maximum atomic E-state index is 6.00. The summed E-state index contributed by atoms with van der Waals surface area (Å²) < 4.78 is 4.74. The van der Waals surface area contributed by atoms with Crippen molar-refractivity contribution >= 4 is 23.8 Å². The minimum atomic E-state index is 0.736. The minimum Gasteiger partial charge on any atom is -0.303 e. The molecule has 2 heterocycles. The van der Waals surface area contributed by atoms with Crippen LogP contribution in [0.4, 0.5) is 0 Å². The maximum absolute atomic E-state index is 6.00. The summed E-state index contributed by atoms with van der Waals surface area (Å²) in [5, 5.41) is 5.53. The van der Waals surface area contributed by atoms with Crippen LogP contribution in [0.15, 0.2) is 24.3 Å². The third-order valence-electron chi connectivity index (χ3n) is 5.85. The number of nitrogens with zero attached hydrogens (tertiary/aromatic N) is 4. The third kappa shape index (κ3) is 3.55. The molecule has 1 aliphatic heterocycles. The molecule has 0 spiro atoms. The predicted molar refractivity (Wildman–Crippen MR) is 104 cm³/mol. The highest BCUT2D eigenvalue weighted by Gasteiger charge is 2.31. The highest BCUT2D eigenvalue weighted by atomic mass is 35.5. The van der Waals surface area contributed by atoms with Crippen LogP contribution in [0.25, 0.3) is 11.4 Å². The van der Waals surface area contributed by atoms with Gasteiger partial charge in [-0.3, -0.25) is 4.90 Å². The highest BCUT2D eigenvalue weighted by molar-refractivity contribution is 7.71. The van der Waals surface area contributed by atoms with Crippen LogP contribution in [0.1, 0.15) is 32.1 Å². The molecule has 1 aliphatic carbocycles. The van der Waals surface area contributed by atoms with Crippen molar-refractivity contribution in [3.8, 4) is 11.4 Å². The van der Waals surface area contributed by atoms with Gasteiger partial charge in [0.1, 0.15) is 0 Å². The molecule has 1 saturated heterocycles. The SMILES string of the molecule is Cn1c(-c2ccc(Cl)cc2)nn(CN2CC[C@H]3CCCC[C@@H]3C2)c1=S. The molecule has 4 rings (SSSR count). The summed E-state index contributed by atoms with van der Waals surface area (Å²) in [6.07, 6.45) is 6.98. The van der Waals surface area contributed by atoms with Crippen LogP contribution in [0, 0.1) is 16.6 Å². The molecule has 2 aromatic rings. The normalized spacial score (nSPS) is 24.2. The standard InChI is InChI=1S/C19H25ClN4S/c1-22-18(15-6-8-17(20)9-7-15)21-24(19(22)25)13-23-11-10-14-4-2-3-5-16(14)12-23/h6-9,14,16H,2-5,10-13H2,1H3/t14-,16-/m1/s1. The number of hydrogen-bond acceptors (Lipinski definition) is 3. The second-order valence-corrected chi connectivity index (χ2v) is 8.28. The number of fused-ring (bicyclic) bond motifs is 1. The predicted octanol–water partition coefficient (Wildman–Crippen LogP) is 4.74. The molecular formula is C19H25ClN4S. The molecule has 1 aromatic heterocycles. The molecule has 0 N–H and O–H groups in total. The summed E-state index contributed by atoms with van der Waals surface area (Å²) in [5.41, 5.74) is 1.04. The van der Waals surface area contributed by atoms with Crippen LogP contribution in [0.3, 0.4) is 0 Å². The van der Waals surface area contributed by atoms with Gasteiger partial charge >= 0.3 is 0 Å². The first-order valence-electron chi connectivity index (χ1n) is 9.24. The lowest BCUT2D eigenvalue weighted by atomic mass is 9.75. The second-order valence-electron chi connectivity index (χ2n) is 7.48. The number of hydrogen-bond donors (Lipinski definition) is 0. The smallest absolute Gasteiger partial charge is 0.199 e. The van der Waals surface area contributed by atoms with E-state index in [2.05, 4.69) is 4.90 Å². The summed E-state index contributed by atoms with van der Waals surface area (Å²) in [4.78, 5) is 2.53. The lowest BCUT2D eigenvalue weighted by molar-refractivity contribution is 0.0625. The summed E-state index contributed by atoms with van der Waals surface area (Å²) in [6.45, 7) is 3.15. The Morgan fingerprint density at radius 3 is 2.60 bits per heavy atom. The summed E-state index contributed by atoms with van der Waals surface area (Å²) in [7, 11) is 1.99. The molecule has 1 aromatic carbocycles. The fraction of sp³-hybridized carbons (Fsp3) is 0.579. The molecule has 1 saturated carbocycles. The van der Waals surface area contributed by atoms with E-state index in [0.717, 1.165) is 46.2 Å². The lowest BCUT2D eigenvalue weighted by Crippen LogP contribution is -2.42. The molecule has 6 heteroatoms. The number of rotatable bonds is 3. The van der Waals surface area contributed by atoms with E-state index in [9.17, 15) is 0 Å². The Bertz CT molecular complexity index is 795. The Labute approximate surface area is 159 Å². The minimum absolute atomic E-state index is 0.736. The first kappa shape index (κ1) is 17.3. The number of benzene rings is 1. The average molecular weight is 377 g/mol. The summed E-state index contributed by atoms with van der Waals surface area (Å²) in [6, 6.07) is 7.79. The fourth-order valence-corrected chi connectivity index (χ4v) is 4.74. The van der Waals surface area contributed by atoms with Gasteiger partial charge < -0.3 is 4.57 Å². The van der Waals surface area contributed by atoms with Crippen LogP contribution in [0.2, 0.25) is 5.02 Å². The maximum Gasteiger partial charge on any atom is 0.199 e.